The second-order valence-corrected chi connectivity index (χ2v) is 7.33. The summed E-state index contributed by atoms with van der Waals surface area (Å²) in [5.74, 6) is 2.99. The summed E-state index contributed by atoms with van der Waals surface area (Å²) in [4.78, 5) is 0. The quantitative estimate of drug-likeness (QED) is 0.765. The van der Waals surface area contributed by atoms with Gasteiger partial charge in [0.25, 0.3) is 0 Å². The molecule has 3 nitrogen and oxygen atoms in total. The highest BCUT2D eigenvalue weighted by atomic mass is 16.5. The van der Waals surface area contributed by atoms with Gasteiger partial charge in [-0.2, -0.15) is 0 Å². The van der Waals surface area contributed by atoms with E-state index in [9.17, 15) is 0 Å². The normalized spacial score (nSPS) is 23.4. The fourth-order valence-corrected chi connectivity index (χ4v) is 3.40. The van der Waals surface area contributed by atoms with E-state index in [0.717, 1.165) is 44.2 Å². The minimum absolute atomic E-state index is 0.0548. The summed E-state index contributed by atoms with van der Waals surface area (Å²) in [5.41, 5.74) is 0.0548. The molecule has 3 heteroatoms. The first-order chi connectivity index (χ1) is 9.98. The zero-order valence-corrected chi connectivity index (χ0v) is 14.0. The van der Waals surface area contributed by atoms with Gasteiger partial charge in [-0.15, -0.1) is 0 Å². The second-order valence-electron chi connectivity index (χ2n) is 7.33. The summed E-state index contributed by atoms with van der Waals surface area (Å²) in [6.07, 6.45) is 5.26. The Morgan fingerprint density at radius 2 is 2.19 bits per heavy atom. The van der Waals surface area contributed by atoms with Gasteiger partial charge in [-0.3, -0.25) is 0 Å². The van der Waals surface area contributed by atoms with Gasteiger partial charge >= 0.3 is 0 Å². The number of hydrogen-bond donors (Lipinski definition) is 1. The molecule has 120 valence electrons. The lowest BCUT2D eigenvalue weighted by atomic mass is 9.88. The molecule has 1 saturated heterocycles. The van der Waals surface area contributed by atoms with Crippen LogP contribution in [0.1, 0.15) is 58.6 Å². The van der Waals surface area contributed by atoms with Gasteiger partial charge < -0.3 is 14.5 Å². The smallest absolute Gasteiger partial charge is 0.107 e. The van der Waals surface area contributed by atoms with Gasteiger partial charge in [-0.1, -0.05) is 13.8 Å². The van der Waals surface area contributed by atoms with Crippen molar-refractivity contribution in [2.45, 2.75) is 58.5 Å². The third kappa shape index (κ3) is 5.15. The fraction of sp³-hybridized carbons (Fsp3) is 0.778. The maximum absolute atomic E-state index is 5.78. The molecular weight excluding hydrogens is 262 g/mol. The van der Waals surface area contributed by atoms with E-state index in [0.29, 0.717) is 11.8 Å². The number of furan rings is 1. The first kappa shape index (κ1) is 16.6. The zero-order chi connectivity index (χ0) is 15.3. The molecule has 0 aliphatic carbocycles. The molecule has 0 unspecified atom stereocenters. The Morgan fingerprint density at radius 3 is 2.81 bits per heavy atom. The summed E-state index contributed by atoms with van der Waals surface area (Å²) in [7, 11) is 0. The highest BCUT2D eigenvalue weighted by molar-refractivity contribution is 5.06. The van der Waals surface area contributed by atoms with E-state index in [1.807, 2.05) is 6.07 Å². The van der Waals surface area contributed by atoms with Crippen molar-refractivity contribution in [3.8, 4) is 0 Å². The van der Waals surface area contributed by atoms with Crippen molar-refractivity contribution >= 4 is 0 Å². The van der Waals surface area contributed by atoms with Crippen LogP contribution in [-0.4, -0.2) is 25.3 Å². The highest BCUT2D eigenvalue weighted by Gasteiger charge is 2.28. The van der Waals surface area contributed by atoms with Crippen LogP contribution in [0.5, 0.6) is 0 Å². The second kappa shape index (κ2) is 7.46. The van der Waals surface area contributed by atoms with Crippen LogP contribution >= 0.6 is 0 Å². The molecule has 21 heavy (non-hydrogen) atoms. The minimum Gasteiger partial charge on any atom is -0.469 e. The zero-order valence-electron chi connectivity index (χ0n) is 14.0. The first-order valence-electron chi connectivity index (χ1n) is 8.36. The molecule has 0 aromatic carbocycles. The van der Waals surface area contributed by atoms with Gasteiger partial charge in [-0.25, -0.2) is 0 Å². The molecule has 0 saturated carbocycles. The SMILES string of the molecule is CC(C)[C@H](CCNC[C@@H]1CCOC(C)(C)C1)c1ccco1. The van der Waals surface area contributed by atoms with E-state index >= 15 is 0 Å². The average molecular weight is 293 g/mol. The number of hydrogen-bond acceptors (Lipinski definition) is 3. The maximum Gasteiger partial charge on any atom is 0.107 e. The van der Waals surface area contributed by atoms with Gasteiger partial charge in [0, 0.05) is 12.5 Å². The molecule has 0 bridgehead atoms. The van der Waals surface area contributed by atoms with Crippen LogP contribution in [0.15, 0.2) is 22.8 Å². The van der Waals surface area contributed by atoms with Crippen molar-refractivity contribution < 1.29 is 9.15 Å². The van der Waals surface area contributed by atoms with E-state index in [4.69, 9.17) is 9.15 Å². The lowest BCUT2D eigenvalue weighted by molar-refractivity contribution is -0.0718. The molecule has 0 spiro atoms. The predicted octanol–water partition coefficient (Wildman–Crippen LogP) is 4.20. The van der Waals surface area contributed by atoms with Crippen LogP contribution in [0, 0.1) is 11.8 Å². The largest absolute Gasteiger partial charge is 0.469 e. The Morgan fingerprint density at radius 1 is 1.38 bits per heavy atom. The van der Waals surface area contributed by atoms with Gasteiger partial charge in [0.1, 0.15) is 5.76 Å². The molecule has 1 aromatic rings. The first-order valence-corrected chi connectivity index (χ1v) is 8.36. The van der Waals surface area contributed by atoms with Crippen LogP contribution in [0.4, 0.5) is 0 Å². The summed E-state index contributed by atoms with van der Waals surface area (Å²) >= 11 is 0. The molecule has 0 radical (unpaired) electrons. The van der Waals surface area contributed by atoms with Crippen molar-refractivity contribution in [1.82, 2.24) is 5.32 Å². The lowest BCUT2D eigenvalue weighted by Gasteiger charge is -2.35. The summed E-state index contributed by atoms with van der Waals surface area (Å²) in [5, 5.41) is 3.64. The van der Waals surface area contributed by atoms with Crippen molar-refractivity contribution in [2.24, 2.45) is 11.8 Å². The lowest BCUT2D eigenvalue weighted by Crippen LogP contribution is -2.38. The Kier molecular flexibility index (Phi) is 5.88. The molecule has 1 aliphatic rings. The van der Waals surface area contributed by atoms with Crippen LogP contribution < -0.4 is 5.32 Å². The fourth-order valence-electron chi connectivity index (χ4n) is 3.40. The molecular formula is C18H31NO2. The third-order valence-corrected chi connectivity index (χ3v) is 4.58. The van der Waals surface area contributed by atoms with Gasteiger partial charge in [0.05, 0.1) is 11.9 Å². The Bertz CT molecular complexity index is 397. The van der Waals surface area contributed by atoms with Crippen LogP contribution in [0.25, 0.3) is 0 Å². The van der Waals surface area contributed by atoms with Crippen LogP contribution in [0.2, 0.25) is 0 Å². The van der Waals surface area contributed by atoms with Gasteiger partial charge in [0.15, 0.2) is 0 Å². The van der Waals surface area contributed by atoms with Crippen molar-refractivity contribution in [1.29, 1.82) is 0 Å². The molecule has 2 heterocycles. The van der Waals surface area contributed by atoms with E-state index in [-0.39, 0.29) is 5.60 Å². The van der Waals surface area contributed by atoms with Crippen LogP contribution in [-0.2, 0) is 4.74 Å². The van der Waals surface area contributed by atoms with Crippen molar-refractivity contribution in [3.05, 3.63) is 24.2 Å². The van der Waals surface area contributed by atoms with E-state index in [1.165, 1.54) is 6.42 Å². The van der Waals surface area contributed by atoms with E-state index in [1.54, 1.807) is 6.26 Å². The molecule has 1 N–H and O–H groups in total. The highest BCUT2D eigenvalue weighted by Crippen LogP contribution is 2.29. The number of rotatable bonds is 7. The van der Waals surface area contributed by atoms with Crippen LogP contribution in [0.3, 0.4) is 0 Å². The maximum atomic E-state index is 5.78. The molecule has 2 atom stereocenters. The van der Waals surface area contributed by atoms with Gasteiger partial charge in [-0.05, 0) is 70.2 Å². The topological polar surface area (TPSA) is 34.4 Å². The summed E-state index contributed by atoms with van der Waals surface area (Å²) in [6, 6.07) is 4.09. The minimum atomic E-state index is 0.0548. The molecule has 1 aliphatic heterocycles. The molecule has 1 fully saturated rings. The molecule has 0 amide bonds. The third-order valence-electron chi connectivity index (χ3n) is 4.58. The summed E-state index contributed by atoms with van der Waals surface area (Å²) < 4.78 is 11.4. The molecule has 1 aromatic heterocycles. The Balaban J connectivity index is 1.71. The number of nitrogens with one attached hydrogen (secondary N) is 1. The average Bonchev–Trinajstić information content (AvgIpc) is 2.90. The Hall–Kier alpha value is -0.800. The standard InChI is InChI=1S/C18H31NO2/c1-14(2)16(17-6-5-10-20-17)7-9-19-13-15-8-11-21-18(3,4)12-15/h5-6,10,14-16,19H,7-9,11-13H2,1-4H3/t15-,16+/m1/s1. The van der Waals surface area contributed by atoms with Gasteiger partial charge in [0.2, 0.25) is 0 Å². The van der Waals surface area contributed by atoms with E-state index in [2.05, 4.69) is 39.1 Å². The monoisotopic (exact) mass is 293 g/mol. The van der Waals surface area contributed by atoms with Crippen molar-refractivity contribution in [2.75, 3.05) is 19.7 Å². The van der Waals surface area contributed by atoms with E-state index < -0.39 is 0 Å². The van der Waals surface area contributed by atoms with Crippen molar-refractivity contribution in [3.63, 3.8) is 0 Å². The number of ether oxygens (including phenoxy) is 1. The predicted molar refractivity (Wildman–Crippen MR) is 86.5 cm³/mol. The molecule has 2 rings (SSSR count). The Labute approximate surface area is 129 Å². The summed E-state index contributed by atoms with van der Waals surface area (Å²) in [6.45, 7) is 12.0.